The molecule has 0 aliphatic carbocycles. The topological polar surface area (TPSA) is 130 Å². The van der Waals surface area contributed by atoms with Crippen LogP contribution in [-0.4, -0.2) is 60.5 Å². The molecule has 1 N–H and O–H groups in total. The van der Waals surface area contributed by atoms with Crippen LogP contribution in [0, 0.1) is 10.1 Å². The number of carbonyl (C=O) groups is 2. The summed E-state index contributed by atoms with van der Waals surface area (Å²) in [6.07, 6.45) is 0. The Kier molecular flexibility index (Phi) is 5.89. The first kappa shape index (κ1) is 20.4. The summed E-state index contributed by atoms with van der Waals surface area (Å²) < 4.78 is 26.7. The molecule has 3 rings (SSSR count). The number of nitro groups is 1. The Morgan fingerprint density at radius 2 is 1.52 bits per heavy atom. The molecule has 2 aromatic carbocycles. The smallest absolute Gasteiger partial charge is 0.313 e. The van der Waals surface area contributed by atoms with E-state index in [1.165, 1.54) is 23.1 Å². The minimum Gasteiger partial charge on any atom is -0.332 e. The van der Waals surface area contributed by atoms with Gasteiger partial charge in [0.05, 0.1) is 4.92 Å². The lowest BCUT2D eigenvalue weighted by Crippen LogP contribution is -2.52. The molecule has 0 radical (unpaired) electrons. The predicted octanol–water partition coefficient (Wildman–Crippen LogP) is 1.07. The number of nitro benzene ring substituents is 1. The van der Waals surface area contributed by atoms with Crippen molar-refractivity contribution in [1.82, 2.24) is 9.21 Å². The van der Waals surface area contributed by atoms with E-state index < -0.39 is 37.3 Å². The molecule has 152 valence electrons. The molecular formula is C18H18N4O6S. The SMILES string of the molecule is O=C(Nc1ccccc1)C(=O)N1CCN(S(=O)(=O)c2ccccc2[N+](=O)[O-])CC1. The Hall–Kier alpha value is -3.31. The van der Waals surface area contributed by atoms with Gasteiger partial charge in [-0.3, -0.25) is 19.7 Å². The maximum atomic E-state index is 12.8. The zero-order valence-corrected chi connectivity index (χ0v) is 16.0. The van der Waals surface area contributed by atoms with Gasteiger partial charge in [-0.25, -0.2) is 8.42 Å². The Bertz CT molecular complexity index is 1030. The van der Waals surface area contributed by atoms with E-state index in [0.717, 1.165) is 10.4 Å². The quantitative estimate of drug-likeness (QED) is 0.449. The molecular weight excluding hydrogens is 400 g/mol. The standard InChI is InChI=1S/C18H18N4O6S/c23-17(19-14-6-2-1-3-7-14)18(24)20-10-12-21(13-11-20)29(27,28)16-9-5-4-8-15(16)22(25)26/h1-9H,10-13H2,(H,19,23). The van der Waals surface area contributed by atoms with Gasteiger partial charge < -0.3 is 10.2 Å². The molecule has 0 saturated carbocycles. The second-order valence-electron chi connectivity index (χ2n) is 6.24. The first-order chi connectivity index (χ1) is 13.8. The molecule has 1 saturated heterocycles. The number of carbonyl (C=O) groups excluding carboxylic acids is 2. The Morgan fingerprint density at radius 3 is 2.14 bits per heavy atom. The highest BCUT2D eigenvalue weighted by Gasteiger charge is 2.35. The van der Waals surface area contributed by atoms with Crippen LogP contribution in [-0.2, 0) is 19.6 Å². The summed E-state index contributed by atoms with van der Waals surface area (Å²) in [6.45, 7) is -0.140. The van der Waals surface area contributed by atoms with E-state index in [1.807, 2.05) is 0 Å². The lowest BCUT2D eigenvalue weighted by molar-refractivity contribution is -0.387. The fourth-order valence-electron chi connectivity index (χ4n) is 2.95. The van der Waals surface area contributed by atoms with E-state index >= 15 is 0 Å². The molecule has 11 heteroatoms. The fraction of sp³-hybridized carbons (Fsp3) is 0.222. The molecule has 0 bridgehead atoms. The monoisotopic (exact) mass is 418 g/mol. The number of hydrogen-bond acceptors (Lipinski definition) is 6. The van der Waals surface area contributed by atoms with Crippen molar-refractivity contribution in [3.8, 4) is 0 Å². The van der Waals surface area contributed by atoms with Crippen molar-refractivity contribution in [2.24, 2.45) is 0 Å². The third-order valence-electron chi connectivity index (χ3n) is 4.43. The van der Waals surface area contributed by atoms with Crippen LogP contribution in [0.5, 0.6) is 0 Å². The van der Waals surface area contributed by atoms with Gasteiger partial charge in [-0.15, -0.1) is 0 Å². The largest absolute Gasteiger partial charge is 0.332 e. The third kappa shape index (κ3) is 4.41. The van der Waals surface area contributed by atoms with Crippen molar-refractivity contribution in [2.45, 2.75) is 4.90 Å². The lowest BCUT2D eigenvalue weighted by Gasteiger charge is -2.33. The van der Waals surface area contributed by atoms with Crippen molar-refractivity contribution < 1.29 is 22.9 Å². The first-order valence-electron chi connectivity index (χ1n) is 8.69. The minimum atomic E-state index is -4.10. The molecule has 1 aliphatic rings. The van der Waals surface area contributed by atoms with Gasteiger partial charge >= 0.3 is 11.8 Å². The van der Waals surface area contributed by atoms with Crippen molar-refractivity contribution >= 4 is 33.2 Å². The molecule has 2 amide bonds. The average Bonchev–Trinajstić information content (AvgIpc) is 2.74. The van der Waals surface area contributed by atoms with Gasteiger partial charge in [-0.2, -0.15) is 4.31 Å². The van der Waals surface area contributed by atoms with Crippen LogP contribution < -0.4 is 5.32 Å². The number of benzene rings is 2. The van der Waals surface area contributed by atoms with Crippen LogP contribution >= 0.6 is 0 Å². The summed E-state index contributed by atoms with van der Waals surface area (Å²) in [5.41, 5.74) is -0.0308. The average molecular weight is 418 g/mol. The number of piperazine rings is 1. The summed E-state index contributed by atoms with van der Waals surface area (Å²) in [7, 11) is -4.10. The fourth-order valence-corrected chi connectivity index (χ4v) is 4.53. The number of anilines is 1. The number of nitrogens with zero attached hydrogens (tertiary/aromatic N) is 3. The Labute approximate surface area is 166 Å². The summed E-state index contributed by atoms with van der Waals surface area (Å²) in [4.78, 5) is 35.7. The van der Waals surface area contributed by atoms with Crippen molar-refractivity contribution in [3.05, 3.63) is 64.7 Å². The van der Waals surface area contributed by atoms with E-state index in [1.54, 1.807) is 30.3 Å². The molecule has 2 aromatic rings. The van der Waals surface area contributed by atoms with Crippen LogP contribution in [0.2, 0.25) is 0 Å². The van der Waals surface area contributed by atoms with E-state index in [4.69, 9.17) is 0 Å². The van der Waals surface area contributed by atoms with Gasteiger partial charge in [-0.1, -0.05) is 30.3 Å². The third-order valence-corrected chi connectivity index (χ3v) is 6.38. The number of rotatable bonds is 4. The molecule has 1 aliphatic heterocycles. The van der Waals surface area contributed by atoms with Crippen LogP contribution in [0.3, 0.4) is 0 Å². The zero-order chi connectivity index (χ0) is 21.0. The number of sulfonamides is 1. The number of nitrogens with one attached hydrogen (secondary N) is 1. The van der Waals surface area contributed by atoms with E-state index in [-0.39, 0.29) is 26.2 Å². The number of hydrogen-bond donors (Lipinski definition) is 1. The first-order valence-corrected chi connectivity index (χ1v) is 10.1. The van der Waals surface area contributed by atoms with Gasteiger partial charge in [0.2, 0.25) is 10.0 Å². The maximum absolute atomic E-state index is 12.8. The molecule has 10 nitrogen and oxygen atoms in total. The van der Waals surface area contributed by atoms with E-state index in [2.05, 4.69) is 5.32 Å². The second kappa shape index (κ2) is 8.37. The summed E-state index contributed by atoms with van der Waals surface area (Å²) in [5, 5.41) is 13.6. The molecule has 0 spiro atoms. The normalized spacial score (nSPS) is 15.0. The van der Waals surface area contributed by atoms with Gasteiger partial charge in [0.15, 0.2) is 4.90 Å². The van der Waals surface area contributed by atoms with Gasteiger partial charge in [0, 0.05) is 37.9 Å². The highest BCUT2D eigenvalue weighted by atomic mass is 32.2. The highest BCUT2D eigenvalue weighted by Crippen LogP contribution is 2.26. The molecule has 0 aromatic heterocycles. The van der Waals surface area contributed by atoms with E-state index in [0.29, 0.717) is 5.69 Å². The second-order valence-corrected chi connectivity index (χ2v) is 8.15. The van der Waals surface area contributed by atoms with E-state index in [9.17, 15) is 28.1 Å². The molecule has 1 heterocycles. The highest BCUT2D eigenvalue weighted by molar-refractivity contribution is 7.89. The van der Waals surface area contributed by atoms with Crippen LogP contribution in [0.4, 0.5) is 11.4 Å². The van der Waals surface area contributed by atoms with Crippen molar-refractivity contribution in [1.29, 1.82) is 0 Å². The summed E-state index contributed by atoms with van der Waals surface area (Å²) in [5.74, 6) is -1.58. The van der Waals surface area contributed by atoms with Crippen LogP contribution in [0.1, 0.15) is 0 Å². The Morgan fingerprint density at radius 1 is 0.931 bits per heavy atom. The number of amides is 2. The molecule has 0 atom stereocenters. The van der Waals surface area contributed by atoms with Gasteiger partial charge in [0.1, 0.15) is 0 Å². The zero-order valence-electron chi connectivity index (χ0n) is 15.2. The molecule has 29 heavy (non-hydrogen) atoms. The number of para-hydroxylation sites is 2. The van der Waals surface area contributed by atoms with Crippen LogP contribution in [0.15, 0.2) is 59.5 Å². The van der Waals surface area contributed by atoms with Gasteiger partial charge in [-0.05, 0) is 18.2 Å². The van der Waals surface area contributed by atoms with Crippen LogP contribution in [0.25, 0.3) is 0 Å². The minimum absolute atomic E-state index is 0.000897. The molecule has 0 unspecified atom stereocenters. The molecule has 1 fully saturated rings. The maximum Gasteiger partial charge on any atom is 0.313 e. The van der Waals surface area contributed by atoms with Gasteiger partial charge in [0.25, 0.3) is 5.69 Å². The lowest BCUT2D eigenvalue weighted by atomic mass is 10.3. The van der Waals surface area contributed by atoms with Crippen molar-refractivity contribution in [3.63, 3.8) is 0 Å². The summed E-state index contributed by atoms with van der Waals surface area (Å²) in [6, 6.07) is 13.6. The summed E-state index contributed by atoms with van der Waals surface area (Å²) >= 11 is 0. The Balaban J connectivity index is 1.66. The predicted molar refractivity (Wildman–Crippen MR) is 104 cm³/mol. The van der Waals surface area contributed by atoms with Crippen molar-refractivity contribution in [2.75, 3.05) is 31.5 Å².